The van der Waals surface area contributed by atoms with Gasteiger partial charge in [0.2, 0.25) is 11.8 Å². The molecule has 2 aliphatic rings. The van der Waals surface area contributed by atoms with Crippen LogP contribution in [0.1, 0.15) is 16.8 Å². The molecule has 2 atom stereocenters. The van der Waals surface area contributed by atoms with Gasteiger partial charge in [0.05, 0.1) is 25.5 Å². The van der Waals surface area contributed by atoms with E-state index in [1.165, 1.54) is 7.11 Å². The number of ether oxygens (including phenoxy) is 1. The zero-order valence-electron chi connectivity index (χ0n) is 10.5. The van der Waals surface area contributed by atoms with Gasteiger partial charge in [-0.2, -0.15) is 0 Å². The predicted molar refractivity (Wildman–Crippen MR) is 65.6 cm³/mol. The zero-order valence-corrected chi connectivity index (χ0v) is 10.5. The van der Waals surface area contributed by atoms with Gasteiger partial charge in [-0.05, 0) is 18.6 Å². The van der Waals surface area contributed by atoms with E-state index in [1.807, 2.05) is 0 Å². The Labute approximate surface area is 110 Å². The van der Waals surface area contributed by atoms with E-state index < -0.39 is 0 Å². The number of benzene rings is 1. The largest absolute Gasteiger partial charge is 0.497 e. The molecule has 0 bridgehead atoms. The first-order chi connectivity index (χ1) is 9.11. The highest BCUT2D eigenvalue weighted by Gasteiger charge is 2.58. The van der Waals surface area contributed by atoms with Crippen molar-refractivity contribution in [3.8, 4) is 5.75 Å². The van der Waals surface area contributed by atoms with Gasteiger partial charge >= 0.3 is 0 Å². The summed E-state index contributed by atoms with van der Waals surface area (Å²) in [5.74, 6) is -0.400. The lowest BCUT2D eigenvalue weighted by molar-refractivity contribution is -0.140. The van der Waals surface area contributed by atoms with Gasteiger partial charge in [0.25, 0.3) is 0 Å². The molecule has 19 heavy (non-hydrogen) atoms. The van der Waals surface area contributed by atoms with Crippen LogP contribution >= 0.6 is 0 Å². The Morgan fingerprint density at radius 2 is 2.00 bits per heavy atom. The van der Waals surface area contributed by atoms with Crippen molar-refractivity contribution in [2.75, 3.05) is 13.7 Å². The number of hydrogen-bond acceptors (Lipinski definition) is 4. The minimum absolute atomic E-state index is 0.161. The van der Waals surface area contributed by atoms with E-state index in [2.05, 4.69) is 0 Å². The molecule has 5 nitrogen and oxygen atoms in total. The molecule has 1 saturated carbocycles. The Balaban J connectivity index is 1.74. The molecule has 0 radical (unpaired) electrons. The second-order valence-corrected chi connectivity index (χ2v) is 4.87. The van der Waals surface area contributed by atoms with Crippen molar-refractivity contribution in [3.63, 3.8) is 0 Å². The van der Waals surface area contributed by atoms with E-state index in [0.29, 0.717) is 17.7 Å². The van der Waals surface area contributed by atoms with Crippen molar-refractivity contribution >= 4 is 17.6 Å². The van der Waals surface area contributed by atoms with Gasteiger partial charge in [0.1, 0.15) is 5.75 Å². The topological polar surface area (TPSA) is 63.7 Å². The van der Waals surface area contributed by atoms with Crippen molar-refractivity contribution in [1.82, 2.24) is 4.90 Å². The molecule has 3 rings (SSSR count). The summed E-state index contributed by atoms with van der Waals surface area (Å²) in [4.78, 5) is 36.7. The highest BCUT2D eigenvalue weighted by molar-refractivity contribution is 6.12. The summed E-state index contributed by atoms with van der Waals surface area (Å²) in [6.07, 6.45) is 0.654. The highest BCUT2D eigenvalue weighted by Crippen LogP contribution is 2.46. The number of methoxy groups -OCH3 is 1. The summed E-state index contributed by atoms with van der Waals surface area (Å²) >= 11 is 0. The third-order valence-corrected chi connectivity index (χ3v) is 3.65. The van der Waals surface area contributed by atoms with Gasteiger partial charge in [-0.25, -0.2) is 0 Å². The van der Waals surface area contributed by atoms with E-state index in [0.717, 1.165) is 4.90 Å². The number of carbonyl (C=O) groups excluding carboxylic acids is 3. The normalized spacial score (nSPS) is 24.4. The lowest BCUT2D eigenvalue weighted by Crippen LogP contribution is -2.37. The average Bonchev–Trinajstić information content (AvgIpc) is 3.19. The van der Waals surface area contributed by atoms with Gasteiger partial charge < -0.3 is 4.74 Å². The summed E-state index contributed by atoms with van der Waals surface area (Å²) in [5.41, 5.74) is 0.445. The molecular weight excluding hydrogens is 246 g/mol. The lowest BCUT2D eigenvalue weighted by atomic mass is 10.1. The first-order valence-corrected chi connectivity index (χ1v) is 6.14. The Bertz CT molecular complexity index is 561. The second-order valence-electron chi connectivity index (χ2n) is 4.87. The number of likely N-dealkylation sites (tertiary alicyclic amines) is 1. The lowest BCUT2D eigenvalue weighted by Gasteiger charge is -2.15. The first kappa shape index (κ1) is 11.9. The number of ketones is 1. The van der Waals surface area contributed by atoms with Gasteiger partial charge in [0.15, 0.2) is 5.78 Å². The summed E-state index contributed by atoms with van der Waals surface area (Å²) < 4.78 is 5.04. The molecule has 1 heterocycles. The van der Waals surface area contributed by atoms with Crippen LogP contribution in [0, 0.1) is 11.8 Å². The van der Waals surface area contributed by atoms with Gasteiger partial charge in [-0.15, -0.1) is 0 Å². The Morgan fingerprint density at radius 3 is 2.63 bits per heavy atom. The fourth-order valence-electron chi connectivity index (χ4n) is 2.44. The van der Waals surface area contributed by atoms with Crippen LogP contribution in [0.5, 0.6) is 5.75 Å². The van der Waals surface area contributed by atoms with E-state index in [1.54, 1.807) is 24.3 Å². The maximum Gasteiger partial charge on any atom is 0.233 e. The number of imide groups is 1. The molecule has 2 amide bonds. The minimum atomic E-state index is -0.248. The van der Waals surface area contributed by atoms with Crippen LogP contribution in [0.2, 0.25) is 0 Å². The van der Waals surface area contributed by atoms with Crippen LogP contribution in [0.4, 0.5) is 0 Å². The van der Waals surface area contributed by atoms with Gasteiger partial charge in [0, 0.05) is 5.56 Å². The van der Waals surface area contributed by atoms with Crippen LogP contribution in [-0.2, 0) is 9.59 Å². The molecule has 1 aliphatic heterocycles. The molecule has 2 fully saturated rings. The summed E-state index contributed by atoms with van der Waals surface area (Å²) in [7, 11) is 1.52. The van der Waals surface area contributed by atoms with Crippen molar-refractivity contribution < 1.29 is 19.1 Å². The number of rotatable bonds is 4. The number of fused-ring (bicyclic) bond motifs is 1. The van der Waals surface area contributed by atoms with Crippen molar-refractivity contribution in [2.24, 2.45) is 11.8 Å². The fraction of sp³-hybridized carbons (Fsp3) is 0.357. The maximum atomic E-state index is 12.1. The van der Waals surface area contributed by atoms with Crippen LogP contribution < -0.4 is 4.74 Å². The molecule has 5 heteroatoms. The molecule has 1 aromatic carbocycles. The zero-order chi connectivity index (χ0) is 13.6. The Kier molecular flexibility index (Phi) is 2.62. The Hall–Kier alpha value is -2.17. The summed E-state index contributed by atoms with van der Waals surface area (Å²) in [5, 5.41) is 0. The van der Waals surface area contributed by atoms with Gasteiger partial charge in [-0.3, -0.25) is 19.3 Å². The van der Waals surface area contributed by atoms with Crippen LogP contribution in [0.25, 0.3) is 0 Å². The number of nitrogens with zero attached hydrogens (tertiary/aromatic N) is 1. The molecule has 0 aromatic heterocycles. The van der Waals surface area contributed by atoms with Crippen LogP contribution in [0.3, 0.4) is 0 Å². The van der Waals surface area contributed by atoms with Crippen LogP contribution in [0.15, 0.2) is 24.3 Å². The Morgan fingerprint density at radius 1 is 1.32 bits per heavy atom. The number of carbonyl (C=O) groups is 3. The van der Waals surface area contributed by atoms with Gasteiger partial charge in [-0.1, -0.05) is 12.1 Å². The average molecular weight is 259 g/mol. The first-order valence-electron chi connectivity index (χ1n) is 6.14. The van der Waals surface area contributed by atoms with Crippen molar-refractivity contribution in [3.05, 3.63) is 29.8 Å². The van der Waals surface area contributed by atoms with E-state index in [-0.39, 0.29) is 36.0 Å². The number of amides is 2. The molecule has 0 spiro atoms. The molecular formula is C14H13NO4. The third kappa shape index (κ3) is 1.91. The van der Waals surface area contributed by atoms with Crippen molar-refractivity contribution in [1.29, 1.82) is 0 Å². The van der Waals surface area contributed by atoms with Crippen LogP contribution in [-0.4, -0.2) is 36.2 Å². The molecule has 2 unspecified atom stereocenters. The third-order valence-electron chi connectivity index (χ3n) is 3.65. The minimum Gasteiger partial charge on any atom is -0.497 e. The molecule has 98 valence electrons. The summed E-state index contributed by atoms with van der Waals surface area (Å²) in [6.45, 7) is -0.169. The van der Waals surface area contributed by atoms with E-state index in [4.69, 9.17) is 4.74 Å². The quantitative estimate of drug-likeness (QED) is 0.595. The van der Waals surface area contributed by atoms with E-state index in [9.17, 15) is 14.4 Å². The predicted octanol–water partition coefficient (Wildman–Crippen LogP) is 0.883. The molecule has 1 aromatic rings. The maximum absolute atomic E-state index is 12.1. The molecule has 1 saturated heterocycles. The number of hydrogen-bond donors (Lipinski definition) is 0. The SMILES string of the molecule is COc1cccc(C(=O)CN2C(=O)C3CC3C2=O)c1. The summed E-state index contributed by atoms with van der Waals surface area (Å²) in [6, 6.07) is 6.69. The molecule has 0 N–H and O–H groups in total. The number of Topliss-reactive ketones (excluding diaryl/α,β-unsaturated/α-hetero) is 1. The van der Waals surface area contributed by atoms with E-state index >= 15 is 0 Å². The standard InChI is InChI=1S/C14H13NO4/c1-19-9-4-2-3-8(5-9)12(16)7-15-13(17)10-6-11(10)14(15)18/h2-5,10-11H,6-7H2,1H3. The fourth-order valence-corrected chi connectivity index (χ4v) is 2.44. The molecule has 1 aliphatic carbocycles. The monoisotopic (exact) mass is 259 g/mol. The highest BCUT2D eigenvalue weighted by atomic mass is 16.5. The smallest absolute Gasteiger partial charge is 0.233 e. The van der Waals surface area contributed by atoms with Crippen molar-refractivity contribution in [2.45, 2.75) is 6.42 Å². The second kappa shape index (κ2) is 4.19. The number of piperidine rings is 1.